The zero-order valence-electron chi connectivity index (χ0n) is 17.6. The molecule has 0 radical (unpaired) electrons. The van der Waals surface area contributed by atoms with Crippen LogP contribution in [0.1, 0.15) is 22.7 Å². The lowest BCUT2D eigenvalue weighted by atomic mass is 9.87. The van der Waals surface area contributed by atoms with Gasteiger partial charge in [-0.2, -0.15) is 0 Å². The molecule has 6 heteroatoms. The molecule has 4 rings (SSSR count). The predicted octanol–water partition coefficient (Wildman–Crippen LogP) is 4.07. The van der Waals surface area contributed by atoms with Crippen molar-refractivity contribution in [1.29, 1.82) is 0 Å². The summed E-state index contributed by atoms with van der Waals surface area (Å²) >= 11 is 0. The van der Waals surface area contributed by atoms with Crippen molar-refractivity contribution in [2.24, 2.45) is 5.92 Å². The molecular formula is C26H25N3O3. The van der Waals surface area contributed by atoms with Gasteiger partial charge in [-0.1, -0.05) is 85.4 Å². The number of para-hydroxylation sites is 1. The van der Waals surface area contributed by atoms with Crippen molar-refractivity contribution in [3.8, 4) is 5.75 Å². The second kappa shape index (κ2) is 9.83. The molecule has 3 amide bonds. The molecule has 3 aromatic carbocycles. The molecule has 1 heterocycles. The maximum atomic E-state index is 13.2. The monoisotopic (exact) mass is 427 g/mol. The summed E-state index contributed by atoms with van der Waals surface area (Å²) < 4.78 is 6.07. The number of benzene rings is 3. The molecule has 0 unspecified atom stereocenters. The molecule has 1 aliphatic heterocycles. The quantitative estimate of drug-likeness (QED) is 0.532. The molecule has 0 bridgehead atoms. The summed E-state index contributed by atoms with van der Waals surface area (Å²) in [4.78, 5) is 25.4. The number of hydrogen-bond donors (Lipinski definition) is 3. The van der Waals surface area contributed by atoms with Crippen LogP contribution in [0.4, 0.5) is 4.79 Å². The van der Waals surface area contributed by atoms with Crippen LogP contribution in [0, 0.1) is 5.92 Å². The number of hydrogen-bond acceptors (Lipinski definition) is 3. The van der Waals surface area contributed by atoms with Gasteiger partial charge in [-0.25, -0.2) is 4.79 Å². The van der Waals surface area contributed by atoms with Gasteiger partial charge in [-0.15, -0.1) is 0 Å². The minimum Gasteiger partial charge on any atom is -0.489 e. The summed E-state index contributed by atoms with van der Waals surface area (Å²) in [6.07, 6.45) is 0. The number of carbonyl (C=O) groups excluding carboxylic acids is 2. The summed E-state index contributed by atoms with van der Waals surface area (Å²) in [7, 11) is 0. The highest BCUT2D eigenvalue weighted by Gasteiger charge is 2.39. The van der Waals surface area contributed by atoms with Gasteiger partial charge < -0.3 is 20.7 Å². The first-order valence-electron chi connectivity index (χ1n) is 10.5. The molecule has 1 saturated heterocycles. The third kappa shape index (κ3) is 4.98. The summed E-state index contributed by atoms with van der Waals surface area (Å²) in [5.74, 6) is -0.315. The molecule has 1 aliphatic rings. The van der Waals surface area contributed by atoms with Crippen molar-refractivity contribution in [3.63, 3.8) is 0 Å². The fourth-order valence-electron chi connectivity index (χ4n) is 3.75. The number of carbonyl (C=O) groups is 2. The van der Waals surface area contributed by atoms with E-state index in [-0.39, 0.29) is 5.91 Å². The molecular weight excluding hydrogens is 402 g/mol. The van der Waals surface area contributed by atoms with Crippen LogP contribution in [0.3, 0.4) is 0 Å². The maximum absolute atomic E-state index is 13.2. The summed E-state index contributed by atoms with van der Waals surface area (Å²) in [6.45, 7) is 4.71. The molecule has 32 heavy (non-hydrogen) atoms. The maximum Gasteiger partial charge on any atom is 0.319 e. The number of urea groups is 1. The van der Waals surface area contributed by atoms with Crippen LogP contribution >= 0.6 is 0 Å². The minimum atomic E-state index is -0.696. The molecule has 162 valence electrons. The normalized spacial score (nSPS) is 17.8. The summed E-state index contributed by atoms with van der Waals surface area (Å²) in [5, 5.41) is 8.48. The van der Waals surface area contributed by atoms with Crippen LogP contribution in [0.15, 0.2) is 97.2 Å². The molecule has 3 N–H and O–H groups in total. The van der Waals surface area contributed by atoms with Gasteiger partial charge >= 0.3 is 6.03 Å². The number of nitrogens with one attached hydrogen (secondary N) is 3. The first kappa shape index (κ1) is 21.2. The fraction of sp³-hybridized carbons (Fsp3) is 0.154. The van der Waals surface area contributed by atoms with Crippen LogP contribution in [0.2, 0.25) is 0 Å². The highest BCUT2D eigenvalue weighted by molar-refractivity contribution is 5.88. The number of amides is 3. The van der Waals surface area contributed by atoms with Gasteiger partial charge in [-0.05, 0) is 17.2 Å². The zero-order valence-corrected chi connectivity index (χ0v) is 17.6. The molecule has 6 nitrogen and oxygen atoms in total. The van der Waals surface area contributed by atoms with Crippen LogP contribution < -0.4 is 20.7 Å². The molecule has 0 aromatic heterocycles. The van der Waals surface area contributed by atoms with Gasteiger partial charge in [-0.3, -0.25) is 4.79 Å². The Bertz CT molecular complexity index is 1100. The average Bonchev–Trinajstić information content (AvgIpc) is 2.82. The van der Waals surface area contributed by atoms with E-state index in [0.29, 0.717) is 24.6 Å². The third-order valence-electron chi connectivity index (χ3n) is 5.35. The topological polar surface area (TPSA) is 79.5 Å². The van der Waals surface area contributed by atoms with E-state index >= 15 is 0 Å². The second-order valence-electron chi connectivity index (χ2n) is 7.59. The highest BCUT2D eigenvalue weighted by Crippen LogP contribution is 2.35. The van der Waals surface area contributed by atoms with Crippen molar-refractivity contribution in [1.82, 2.24) is 16.0 Å². The second-order valence-corrected chi connectivity index (χ2v) is 7.59. The largest absolute Gasteiger partial charge is 0.489 e. The van der Waals surface area contributed by atoms with E-state index in [1.165, 1.54) is 0 Å². The Labute approximate surface area is 187 Å². The Balaban J connectivity index is 1.56. The molecule has 3 aromatic rings. The lowest BCUT2D eigenvalue weighted by Gasteiger charge is -2.34. The molecule has 0 saturated carbocycles. The van der Waals surface area contributed by atoms with Crippen LogP contribution in [-0.4, -0.2) is 11.9 Å². The fourth-order valence-corrected chi connectivity index (χ4v) is 3.75. The van der Waals surface area contributed by atoms with Gasteiger partial charge in [0.2, 0.25) is 5.91 Å². The highest BCUT2D eigenvalue weighted by atomic mass is 16.5. The smallest absolute Gasteiger partial charge is 0.319 e. The van der Waals surface area contributed by atoms with E-state index in [9.17, 15) is 9.59 Å². The van der Waals surface area contributed by atoms with E-state index in [2.05, 4.69) is 22.5 Å². The van der Waals surface area contributed by atoms with E-state index in [1.54, 1.807) is 0 Å². The van der Waals surface area contributed by atoms with Crippen molar-refractivity contribution in [3.05, 3.63) is 114 Å². The molecule has 1 fully saturated rings. The van der Waals surface area contributed by atoms with E-state index in [0.717, 1.165) is 16.7 Å². The first-order chi connectivity index (χ1) is 15.6. The third-order valence-corrected chi connectivity index (χ3v) is 5.35. The number of ether oxygens (including phenoxy) is 1. The Morgan fingerprint density at radius 3 is 2.25 bits per heavy atom. The van der Waals surface area contributed by atoms with E-state index < -0.39 is 18.0 Å². The van der Waals surface area contributed by atoms with E-state index in [4.69, 9.17) is 4.74 Å². The van der Waals surface area contributed by atoms with Crippen molar-refractivity contribution < 1.29 is 14.3 Å². The van der Waals surface area contributed by atoms with Crippen molar-refractivity contribution in [2.75, 3.05) is 0 Å². The lowest BCUT2D eigenvalue weighted by molar-refractivity contribution is -0.125. The first-order valence-corrected chi connectivity index (χ1v) is 10.5. The van der Waals surface area contributed by atoms with Crippen LogP contribution in [0.25, 0.3) is 0 Å². The van der Waals surface area contributed by atoms with Crippen molar-refractivity contribution >= 4 is 11.9 Å². The standard InChI is InChI=1S/C26H25N3O3/c1-18-23(25(30)27-16-19-10-4-2-5-11-19)24(29-26(31)28-18)21-14-8-9-15-22(21)32-17-20-12-6-3-7-13-20/h2-15,23-24H,1,16-17H2,(H,27,30)(H2,28,29,31)/t23-,24-/m0/s1. The van der Waals surface area contributed by atoms with Gasteiger partial charge in [0.25, 0.3) is 0 Å². The van der Waals surface area contributed by atoms with Gasteiger partial charge in [0.15, 0.2) is 0 Å². The number of rotatable bonds is 7. The van der Waals surface area contributed by atoms with E-state index in [1.807, 2.05) is 84.9 Å². The SMILES string of the molecule is C=C1NC(=O)N[C@@H](c2ccccc2OCc2ccccc2)[C@H]1C(=O)NCc1ccccc1. The molecule has 0 spiro atoms. The molecule has 2 atom stereocenters. The summed E-state index contributed by atoms with van der Waals surface area (Å²) in [5.41, 5.74) is 3.09. The Morgan fingerprint density at radius 1 is 0.906 bits per heavy atom. The van der Waals surface area contributed by atoms with Crippen LogP contribution in [-0.2, 0) is 17.9 Å². The Hall–Kier alpha value is -4.06. The lowest BCUT2D eigenvalue weighted by Crippen LogP contribution is -2.53. The minimum absolute atomic E-state index is 0.228. The van der Waals surface area contributed by atoms with Gasteiger partial charge in [0.05, 0.1) is 6.04 Å². The Morgan fingerprint density at radius 2 is 1.53 bits per heavy atom. The summed E-state index contributed by atoms with van der Waals surface area (Å²) in [6, 6.07) is 25.9. The predicted molar refractivity (Wildman–Crippen MR) is 123 cm³/mol. The van der Waals surface area contributed by atoms with Gasteiger partial charge in [0.1, 0.15) is 18.3 Å². The van der Waals surface area contributed by atoms with Crippen molar-refractivity contribution in [2.45, 2.75) is 19.2 Å². The van der Waals surface area contributed by atoms with Gasteiger partial charge in [0, 0.05) is 17.8 Å². The Kier molecular flexibility index (Phi) is 6.51. The molecule has 0 aliphatic carbocycles. The average molecular weight is 428 g/mol. The van der Waals surface area contributed by atoms with Crippen LogP contribution in [0.5, 0.6) is 5.75 Å². The zero-order chi connectivity index (χ0) is 22.3.